The smallest absolute Gasteiger partial charge is 0.341 e. The molecule has 2 N–H and O–H groups in total. The average molecular weight is 819 g/mol. The van der Waals surface area contributed by atoms with Gasteiger partial charge in [-0.15, -0.1) is 0 Å². The van der Waals surface area contributed by atoms with E-state index in [1.807, 2.05) is 18.9 Å². The molecular formula is C43H52F2N6O8. The molecule has 0 spiro atoms. The SMILES string of the molecule is COc1c(N2CCN(CN3CCN(c4c(F)c(C)c5c(=O)c(C(=O)O)c(C)n(C6CC6)c5c4OC)CC3C)C(C)C2)c(F)c(C)c2c(=O)c(C(=O)O)c(C)n(C3CC3)c12. The maximum absolute atomic E-state index is 16.6. The number of piperazine rings is 2. The van der Waals surface area contributed by atoms with E-state index in [0.717, 1.165) is 25.7 Å². The molecule has 2 saturated carbocycles. The summed E-state index contributed by atoms with van der Waals surface area (Å²) in [4.78, 5) is 60.3. The summed E-state index contributed by atoms with van der Waals surface area (Å²) in [5, 5.41) is 20.0. The van der Waals surface area contributed by atoms with Crippen molar-refractivity contribution in [2.75, 3.05) is 70.0 Å². The van der Waals surface area contributed by atoms with Crippen LogP contribution in [-0.2, 0) is 0 Å². The van der Waals surface area contributed by atoms with Gasteiger partial charge in [0.05, 0.1) is 42.7 Å². The number of aromatic carboxylic acids is 2. The number of benzene rings is 2. The van der Waals surface area contributed by atoms with Crippen LogP contribution in [0, 0.1) is 39.3 Å². The molecule has 2 unspecified atom stereocenters. The second kappa shape index (κ2) is 14.8. The lowest BCUT2D eigenvalue weighted by Gasteiger charge is -2.47. The second-order valence-electron chi connectivity index (χ2n) is 16.8. The van der Waals surface area contributed by atoms with Crippen molar-refractivity contribution in [1.29, 1.82) is 0 Å². The van der Waals surface area contributed by atoms with E-state index in [1.165, 1.54) is 28.1 Å². The molecule has 8 rings (SSSR count). The summed E-state index contributed by atoms with van der Waals surface area (Å²) >= 11 is 0. The predicted octanol–water partition coefficient (Wildman–Crippen LogP) is 5.59. The summed E-state index contributed by atoms with van der Waals surface area (Å²) in [6.45, 7) is 14.2. The summed E-state index contributed by atoms with van der Waals surface area (Å²) in [5.41, 5.74) is 0.160. The minimum Gasteiger partial charge on any atom is -0.492 e. The summed E-state index contributed by atoms with van der Waals surface area (Å²) in [6.07, 6.45) is 3.27. The third-order valence-electron chi connectivity index (χ3n) is 13.2. The van der Waals surface area contributed by atoms with Crippen molar-refractivity contribution in [3.63, 3.8) is 0 Å². The maximum atomic E-state index is 16.6. The van der Waals surface area contributed by atoms with Gasteiger partial charge in [0.1, 0.15) is 22.5 Å². The number of aryl methyl sites for hydroxylation is 2. The summed E-state index contributed by atoms with van der Waals surface area (Å²) in [6, 6.07) is -0.0565. The van der Waals surface area contributed by atoms with Crippen LogP contribution in [0.15, 0.2) is 9.59 Å². The number of fused-ring (bicyclic) bond motifs is 2. The molecule has 4 aromatic rings. The predicted molar refractivity (Wildman–Crippen MR) is 220 cm³/mol. The van der Waals surface area contributed by atoms with Crippen LogP contribution in [0.5, 0.6) is 11.5 Å². The Morgan fingerprint density at radius 1 is 0.644 bits per heavy atom. The monoisotopic (exact) mass is 818 g/mol. The van der Waals surface area contributed by atoms with E-state index >= 15 is 8.78 Å². The third-order valence-corrected chi connectivity index (χ3v) is 13.2. The van der Waals surface area contributed by atoms with Crippen LogP contribution in [-0.4, -0.2) is 113 Å². The second-order valence-corrected chi connectivity index (χ2v) is 16.8. The van der Waals surface area contributed by atoms with Crippen molar-refractivity contribution in [1.82, 2.24) is 18.9 Å². The Morgan fingerprint density at radius 3 is 1.29 bits per heavy atom. The minimum absolute atomic E-state index is 0.00935. The summed E-state index contributed by atoms with van der Waals surface area (Å²) < 4.78 is 48.7. The van der Waals surface area contributed by atoms with E-state index in [-0.39, 0.29) is 80.1 Å². The number of anilines is 2. The zero-order chi connectivity index (χ0) is 42.5. The molecule has 4 fully saturated rings. The van der Waals surface area contributed by atoms with Crippen molar-refractivity contribution in [3.8, 4) is 11.5 Å². The molecule has 4 heterocycles. The lowest BCUT2D eigenvalue weighted by molar-refractivity contribution is 0.0597. The highest BCUT2D eigenvalue weighted by atomic mass is 19.1. The van der Waals surface area contributed by atoms with Crippen LogP contribution in [0.1, 0.15) is 94.8 Å². The number of carboxylic acid groups (broad SMARTS) is 2. The van der Waals surface area contributed by atoms with Gasteiger partial charge < -0.3 is 38.6 Å². The van der Waals surface area contributed by atoms with Crippen molar-refractivity contribution >= 4 is 45.1 Å². The maximum Gasteiger partial charge on any atom is 0.341 e. The number of carbonyl (C=O) groups is 2. The van der Waals surface area contributed by atoms with Gasteiger partial charge >= 0.3 is 11.9 Å². The number of hydrogen-bond donors (Lipinski definition) is 2. The van der Waals surface area contributed by atoms with Gasteiger partial charge in [-0.05, 0) is 67.2 Å². The molecule has 59 heavy (non-hydrogen) atoms. The molecule has 16 heteroatoms. The molecule has 2 atom stereocenters. The van der Waals surface area contributed by atoms with Gasteiger partial charge in [-0.25, -0.2) is 18.4 Å². The van der Waals surface area contributed by atoms with Gasteiger partial charge in [-0.2, -0.15) is 0 Å². The topological polar surface area (TPSA) is 150 Å². The molecule has 316 valence electrons. The molecule has 2 aliphatic heterocycles. The summed E-state index contributed by atoms with van der Waals surface area (Å²) in [7, 11) is 2.91. The normalized spacial score (nSPS) is 20.5. The van der Waals surface area contributed by atoms with Crippen LogP contribution >= 0.6 is 0 Å². The number of ether oxygens (including phenoxy) is 2. The van der Waals surface area contributed by atoms with E-state index in [0.29, 0.717) is 68.4 Å². The molecule has 4 aliphatic rings. The number of aromatic nitrogens is 2. The number of carboxylic acids is 2. The fourth-order valence-electron chi connectivity index (χ4n) is 9.83. The number of methoxy groups -OCH3 is 2. The first-order valence-corrected chi connectivity index (χ1v) is 20.4. The highest BCUT2D eigenvalue weighted by Gasteiger charge is 2.39. The van der Waals surface area contributed by atoms with Crippen LogP contribution in [0.25, 0.3) is 21.8 Å². The van der Waals surface area contributed by atoms with E-state index in [9.17, 15) is 29.4 Å². The van der Waals surface area contributed by atoms with E-state index in [4.69, 9.17) is 9.47 Å². The van der Waals surface area contributed by atoms with Crippen LogP contribution in [0.4, 0.5) is 20.2 Å². The largest absolute Gasteiger partial charge is 0.492 e. The first kappa shape index (κ1) is 40.6. The Bertz CT molecular complexity index is 2410. The Labute approximate surface area is 340 Å². The van der Waals surface area contributed by atoms with Crippen LogP contribution in [0.2, 0.25) is 0 Å². The van der Waals surface area contributed by atoms with Crippen LogP contribution in [0.3, 0.4) is 0 Å². The lowest BCUT2D eigenvalue weighted by atomic mass is 9.99. The number of pyridine rings is 2. The van der Waals surface area contributed by atoms with Gasteiger partial charge in [-0.3, -0.25) is 19.4 Å². The fourth-order valence-corrected chi connectivity index (χ4v) is 9.83. The third kappa shape index (κ3) is 6.32. The summed E-state index contributed by atoms with van der Waals surface area (Å²) in [5.74, 6) is -3.41. The zero-order valence-electron chi connectivity index (χ0n) is 34.9. The van der Waals surface area contributed by atoms with Gasteiger partial charge in [0.15, 0.2) is 23.1 Å². The van der Waals surface area contributed by atoms with Crippen molar-refractivity contribution in [2.45, 2.75) is 91.4 Å². The minimum atomic E-state index is -1.34. The quantitative estimate of drug-likeness (QED) is 0.206. The van der Waals surface area contributed by atoms with Gasteiger partial charge in [0.2, 0.25) is 10.9 Å². The molecule has 0 bridgehead atoms. The van der Waals surface area contributed by atoms with Gasteiger partial charge in [0, 0.05) is 86.0 Å². The molecule has 0 amide bonds. The highest BCUT2D eigenvalue weighted by Crippen LogP contribution is 2.48. The molecular weight excluding hydrogens is 767 g/mol. The van der Waals surface area contributed by atoms with E-state index in [1.54, 1.807) is 13.8 Å². The van der Waals surface area contributed by atoms with Gasteiger partial charge in [-0.1, -0.05) is 0 Å². The lowest BCUT2D eigenvalue weighted by Crippen LogP contribution is -2.60. The first-order chi connectivity index (χ1) is 28.0. The Balaban J connectivity index is 1.05. The molecule has 2 aromatic heterocycles. The number of halogens is 2. The molecule has 0 radical (unpaired) electrons. The van der Waals surface area contributed by atoms with E-state index in [2.05, 4.69) is 23.6 Å². The van der Waals surface area contributed by atoms with E-state index < -0.39 is 34.4 Å². The Hall–Kier alpha value is -5.22. The van der Waals surface area contributed by atoms with Crippen LogP contribution < -0.4 is 30.1 Å². The van der Waals surface area contributed by atoms with Crippen molar-refractivity contribution in [2.24, 2.45) is 0 Å². The zero-order valence-corrected chi connectivity index (χ0v) is 34.9. The van der Waals surface area contributed by atoms with Crippen molar-refractivity contribution in [3.05, 3.63) is 65.7 Å². The molecule has 14 nitrogen and oxygen atoms in total. The Kier molecular flexibility index (Phi) is 10.2. The number of hydrogen-bond acceptors (Lipinski definition) is 10. The standard InChI is InChI=1S/C43H52F2N6O8/c1-20-17-46(36-32(44)22(3)28-34(40(36)58-7)50(26-9-10-26)24(5)30(38(28)52)42(54)55)13-15-48(20)19-49-16-14-47(18-21(49)2)37-33(45)23(4)29-35(41(37)59-8)51(27-11-12-27)25(6)31(39(29)53)43(56)57/h20-21,26-27H,9-19H2,1-8H3,(H,54,55)(H,56,57). The van der Waals surface area contributed by atoms with Crippen molar-refractivity contribution < 1.29 is 38.1 Å². The number of rotatable bonds is 10. The first-order valence-electron chi connectivity index (χ1n) is 20.4. The molecule has 2 aliphatic carbocycles. The Morgan fingerprint density at radius 2 is 1.00 bits per heavy atom. The fraction of sp³-hybridized carbons (Fsp3) is 0.535. The molecule has 2 saturated heterocycles. The average Bonchev–Trinajstić information content (AvgIpc) is 4.12. The van der Waals surface area contributed by atoms with Gasteiger partial charge in [0.25, 0.3) is 0 Å². The molecule has 2 aromatic carbocycles. The highest BCUT2D eigenvalue weighted by molar-refractivity contribution is 6.01. The number of nitrogens with zero attached hydrogens (tertiary/aromatic N) is 6.